The minimum absolute atomic E-state index is 0.812. The van der Waals surface area contributed by atoms with Gasteiger partial charge in [-0.1, -0.05) is 58.2 Å². The minimum Gasteiger partial charge on any atom is -0.211 e. The van der Waals surface area contributed by atoms with Gasteiger partial charge >= 0.3 is 0 Å². The monoisotopic (exact) mass is 213 g/mol. The molecule has 14 heavy (non-hydrogen) atoms. The molecule has 2 nitrogen and oxygen atoms in total. The maximum Gasteiger partial charge on any atom is 0.234 e. The summed E-state index contributed by atoms with van der Waals surface area (Å²) in [6.07, 6.45) is 6.23. The van der Waals surface area contributed by atoms with Gasteiger partial charge in [0.2, 0.25) is 6.08 Å². The molecule has 0 aliphatic rings. The Kier molecular flexibility index (Phi) is 7.72. The van der Waals surface area contributed by atoms with E-state index in [4.69, 9.17) is 0 Å². The minimum atomic E-state index is -1.25. The molecule has 0 aliphatic carbocycles. The SMILES string of the molecule is CCC[Si](CCC)(CCC)CN=C=O. The van der Waals surface area contributed by atoms with E-state index in [0.29, 0.717) is 0 Å². The molecule has 0 heterocycles. The molecule has 0 atom stereocenters. The first kappa shape index (κ1) is 13.6. The molecule has 0 aromatic heterocycles. The Morgan fingerprint density at radius 3 is 1.71 bits per heavy atom. The van der Waals surface area contributed by atoms with Crippen LogP contribution in [0.1, 0.15) is 40.0 Å². The highest BCUT2D eigenvalue weighted by molar-refractivity contribution is 6.80. The van der Waals surface area contributed by atoms with Crippen molar-refractivity contribution in [1.82, 2.24) is 0 Å². The summed E-state index contributed by atoms with van der Waals surface area (Å²) in [7, 11) is -1.25. The number of aliphatic imine (C=N–C) groups is 1. The van der Waals surface area contributed by atoms with E-state index in [0.717, 1.165) is 6.17 Å². The van der Waals surface area contributed by atoms with Crippen LogP contribution in [0.4, 0.5) is 0 Å². The van der Waals surface area contributed by atoms with Gasteiger partial charge in [-0.2, -0.15) is 0 Å². The molecule has 82 valence electrons. The summed E-state index contributed by atoms with van der Waals surface area (Å²) in [5.74, 6) is 0. The highest BCUT2D eigenvalue weighted by Gasteiger charge is 2.29. The van der Waals surface area contributed by atoms with Crippen LogP contribution in [0.25, 0.3) is 0 Å². The molecule has 0 unspecified atom stereocenters. The van der Waals surface area contributed by atoms with Crippen LogP contribution in [0.5, 0.6) is 0 Å². The lowest BCUT2D eigenvalue weighted by molar-refractivity contribution is 0.564. The average Bonchev–Trinajstić information content (AvgIpc) is 2.16. The second-order valence-corrected chi connectivity index (χ2v) is 8.97. The van der Waals surface area contributed by atoms with Gasteiger partial charge in [0, 0.05) is 6.17 Å². The molecule has 0 rings (SSSR count). The fourth-order valence-electron chi connectivity index (χ4n) is 2.40. The Hall–Kier alpha value is -0.403. The maximum absolute atomic E-state index is 10.2. The van der Waals surface area contributed by atoms with Crippen molar-refractivity contribution in [2.75, 3.05) is 6.17 Å². The van der Waals surface area contributed by atoms with E-state index in [9.17, 15) is 4.79 Å². The van der Waals surface area contributed by atoms with Crippen LogP contribution in [0, 0.1) is 0 Å². The zero-order valence-corrected chi connectivity index (χ0v) is 10.8. The Morgan fingerprint density at radius 1 is 1.00 bits per heavy atom. The van der Waals surface area contributed by atoms with Crippen LogP contribution in [0.15, 0.2) is 4.99 Å². The predicted molar refractivity (Wildman–Crippen MR) is 64.0 cm³/mol. The van der Waals surface area contributed by atoms with E-state index in [-0.39, 0.29) is 0 Å². The van der Waals surface area contributed by atoms with Crippen molar-refractivity contribution >= 4 is 14.2 Å². The van der Waals surface area contributed by atoms with Gasteiger partial charge in [-0.15, -0.1) is 0 Å². The van der Waals surface area contributed by atoms with Crippen molar-refractivity contribution in [3.05, 3.63) is 0 Å². The summed E-state index contributed by atoms with van der Waals surface area (Å²) >= 11 is 0. The first-order valence-electron chi connectivity index (χ1n) is 5.78. The van der Waals surface area contributed by atoms with Crippen LogP contribution in [-0.2, 0) is 4.79 Å². The molecular weight excluding hydrogens is 190 g/mol. The third-order valence-electron chi connectivity index (χ3n) is 2.82. The number of isocyanates is 1. The summed E-state index contributed by atoms with van der Waals surface area (Å²) in [4.78, 5) is 14.1. The van der Waals surface area contributed by atoms with Gasteiger partial charge in [0.25, 0.3) is 0 Å². The van der Waals surface area contributed by atoms with E-state index in [1.165, 1.54) is 37.4 Å². The standard InChI is InChI=1S/C11H23NOSi/c1-4-7-14(8-5-2,9-6-3)11-12-10-13/h4-9,11H2,1-3H3. The smallest absolute Gasteiger partial charge is 0.211 e. The van der Waals surface area contributed by atoms with Crippen molar-refractivity contribution in [2.45, 2.75) is 58.2 Å². The van der Waals surface area contributed by atoms with Crippen LogP contribution < -0.4 is 0 Å². The third-order valence-corrected chi connectivity index (χ3v) is 8.33. The van der Waals surface area contributed by atoms with Gasteiger partial charge in [0.15, 0.2) is 0 Å². The summed E-state index contributed by atoms with van der Waals surface area (Å²) < 4.78 is 0. The number of hydrogen-bond acceptors (Lipinski definition) is 2. The fraction of sp³-hybridized carbons (Fsp3) is 0.909. The van der Waals surface area contributed by atoms with Crippen molar-refractivity contribution in [3.63, 3.8) is 0 Å². The lowest BCUT2D eigenvalue weighted by Gasteiger charge is -2.28. The largest absolute Gasteiger partial charge is 0.234 e. The van der Waals surface area contributed by atoms with Crippen molar-refractivity contribution < 1.29 is 4.79 Å². The zero-order chi connectivity index (χ0) is 10.9. The van der Waals surface area contributed by atoms with Gasteiger partial charge in [0.1, 0.15) is 0 Å². The normalized spacial score (nSPS) is 11.1. The molecule has 3 heteroatoms. The zero-order valence-electron chi connectivity index (χ0n) is 9.81. The van der Waals surface area contributed by atoms with Crippen molar-refractivity contribution in [2.24, 2.45) is 4.99 Å². The number of rotatable bonds is 8. The summed E-state index contributed by atoms with van der Waals surface area (Å²) in [5, 5.41) is 0. The molecule has 0 amide bonds. The van der Waals surface area contributed by atoms with Gasteiger partial charge < -0.3 is 0 Å². The Bertz CT molecular complexity index is 171. The highest BCUT2D eigenvalue weighted by Crippen LogP contribution is 2.26. The fourth-order valence-corrected chi connectivity index (χ4v) is 7.21. The highest BCUT2D eigenvalue weighted by atomic mass is 28.3. The molecular formula is C11H23NOSi. The van der Waals surface area contributed by atoms with Crippen molar-refractivity contribution in [3.8, 4) is 0 Å². The van der Waals surface area contributed by atoms with Crippen LogP contribution in [-0.4, -0.2) is 20.3 Å². The number of carbonyl (C=O) groups excluding carboxylic acids is 1. The molecule has 0 aliphatic heterocycles. The van der Waals surface area contributed by atoms with Gasteiger partial charge in [-0.05, 0) is 0 Å². The van der Waals surface area contributed by atoms with E-state index >= 15 is 0 Å². The predicted octanol–water partition coefficient (Wildman–Crippen LogP) is 3.54. The van der Waals surface area contributed by atoms with E-state index in [1.54, 1.807) is 6.08 Å². The van der Waals surface area contributed by atoms with Crippen LogP contribution in [0.2, 0.25) is 18.1 Å². The van der Waals surface area contributed by atoms with E-state index < -0.39 is 8.07 Å². The molecule has 0 spiro atoms. The Balaban J connectivity index is 4.44. The topological polar surface area (TPSA) is 29.4 Å². The van der Waals surface area contributed by atoms with Crippen LogP contribution >= 0.6 is 0 Å². The van der Waals surface area contributed by atoms with Crippen molar-refractivity contribution in [1.29, 1.82) is 0 Å². The third kappa shape index (κ3) is 4.73. The Morgan fingerprint density at radius 2 is 1.43 bits per heavy atom. The first-order chi connectivity index (χ1) is 6.74. The van der Waals surface area contributed by atoms with Gasteiger partial charge in [-0.25, -0.2) is 9.79 Å². The quantitative estimate of drug-likeness (QED) is 0.344. The molecule has 0 bridgehead atoms. The molecule has 0 aromatic rings. The lowest BCUT2D eigenvalue weighted by atomic mass is 10.5. The molecule has 0 N–H and O–H groups in total. The molecule has 0 fully saturated rings. The van der Waals surface area contributed by atoms with Gasteiger partial charge in [-0.3, -0.25) is 0 Å². The molecule has 0 saturated heterocycles. The second-order valence-electron chi connectivity index (χ2n) is 4.16. The summed E-state index contributed by atoms with van der Waals surface area (Å²) in [6, 6.07) is 3.96. The number of nitrogens with zero attached hydrogens (tertiary/aromatic N) is 1. The van der Waals surface area contributed by atoms with E-state index in [1.807, 2.05) is 0 Å². The average molecular weight is 213 g/mol. The summed E-state index contributed by atoms with van der Waals surface area (Å²) in [6.45, 7) is 6.70. The Labute approximate surface area is 88.8 Å². The number of hydrogen-bond donors (Lipinski definition) is 0. The van der Waals surface area contributed by atoms with Gasteiger partial charge in [0.05, 0.1) is 8.07 Å². The van der Waals surface area contributed by atoms with Crippen LogP contribution in [0.3, 0.4) is 0 Å². The summed E-state index contributed by atoms with van der Waals surface area (Å²) in [5.41, 5.74) is 0. The first-order valence-corrected chi connectivity index (χ1v) is 8.61. The van der Waals surface area contributed by atoms with E-state index in [2.05, 4.69) is 25.8 Å². The maximum atomic E-state index is 10.2. The molecule has 0 saturated carbocycles. The molecule has 0 radical (unpaired) electrons. The lowest BCUT2D eigenvalue weighted by Crippen LogP contribution is -2.37. The second kappa shape index (κ2) is 7.95. The molecule has 0 aromatic carbocycles.